The number of alkyl halides is 9. The van der Waals surface area contributed by atoms with Crippen molar-refractivity contribution in [1.29, 1.82) is 0 Å². The Labute approximate surface area is 784 Å². The second-order valence-corrected chi connectivity index (χ2v) is 36.9. The molecule has 0 aromatic heterocycles. The van der Waals surface area contributed by atoms with E-state index in [2.05, 4.69) is 41.7 Å². The summed E-state index contributed by atoms with van der Waals surface area (Å²) in [5.41, 5.74) is 11.1. The van der Waals surface area contributed by atoms with Crippen LogP contribution in [0.4, 0.5) is 39.5 Å². The van der Waals surface area contributed by atoms with Crippen LogP contribution in [0.25, 0.3) is 22.3 Å². The molecular weight excluding hydrogens is 1800 g/mol. The molecule has 0 atom stereocenters. The normalized spacial score (nSPS) is 17.0. The van der Waals surface area contributed by atoms with E-state index in [1.807, 2.05) is 164 Å². The van der Waals surface area contributed by atoms with Crippen LogP contribution >= 0.6 is 10.7 Å². The van der Waals surface area contributed by atoms with Crippen molar-refractivity contribution < 1.29 is 100 Å². The van der Waals surface area contributed by atoms with Gasteiger partial charge in [0.1, 0.15) is 45.4 Å². The van der Waals surface area contributed by atoms with E-state index in [4.69, 9.17) is 29.6 Å². The summed E-state index contributed by atoms with van der Waals surface area (Å²) in [5.74, 6) is -3.01. The number of nitrogens with zero attached hydrogens (tertiary/aromatic N) is 7. The standard InChI is InChI=1S/C27H29F3N2O3.C26H26ClF3N2O5S.C26H27F3N2O3.C24H28N2O2/c1-4-31(5-2)24(33)20-9-7-19(8-10-20)22-17-26(35-23-11-6-18(3)16-21(22)23)12-14-32(15-13-26)25(34)27(28,29)30;1-3-31(4-2)23(33)18-7-5-17(6-8-18)21-16-25(11-13-32(14-12-25)24(34)26(28,29)30)37-22-10-9-19(15-20(21)22)38(27,35)36;1-3-30(4-2)23(32)19-11-9-18(10-12-19)21-17-25(34-22-8-6-5-7-20(21)22)13-15-31(16-14-25)24(33)26(27,28)29;1-3-26(4-2)23(27)19-11-9-18(10-12-19)21-17-24(13-15-25-16-14-24)28-22-8-6-5-7-20(21)22/h6-11,16-17H,4-5,12-15H2,1-3H3;5-10,15-16H,3-4,11-14H2,1-2H3;5-12,17H,3-4,13-16H2,1-2H3;5-12,17,25H,3-4,13-16H2,1-2H3. The summed E-state index contributed by atoms with van der Waals surface area (Å²) >= 11 is 0. The van der Waals surface area contributed by atoms with Crippen LogP contribution < -0.4 is 24.3 Å². The van der Waals surface area contributed by atoms with Crippen LogP contribution in [0.5, 0.6) is 23.0 Å². The number of carbonyl (C=O) groups is 7. The number of carbonyl (C=O) groups excluding carboxylic acids is 7. The van der Waals surface area contributed by atoms with Gasteiger partial charge >= 0.3 is 36.3 Å². The molecular formula is C103H110ClF9N8O13S. The molecule has 0 aliphatic carbocycles. The molecule has 0 radical (unpaired) electrons. The number of piperidine rings is 4. The highest BCUT2D eigenvalue weighted by molar-refractivity contribution is 8.13. The first kappa shape index (κ1) is 100. The van der Waals surface area contributed by atoms with Crippen molar-refractivity contribution in [3.63, 3.8) is 0 Å². The smallest absolute Gasteiger partial charge is 0.471 e. The Balaban J connectivity index is 0.000000153. The number of amides is 7. The number of hydrogen-bond acceptors (Lipinski definition) is 14. The molecule has 32 heteroatoms. The lowest BCUT2D eigenvalue weighted by molar-refractivity contribution is -0.187. The fraction of sp³-hybridized carbons (Fsp3) is 0.388. The van der Waals surface area contributed by atoms with E-state index in [9.17, 15) is 81.5 Å². The van der Waals surface area contributed by atoms with Gasteiger partial charge in [0.15, 0.2) is 0 Å². The number of likely N-dealkylation sites (tertiary alicyclic amines) is 3. The zero-order valence-electron chi connectivity index (χ0n) is 76.7. The van der Waals surface area contributed by atoms with Crippen LogP contribution in [0.15, 0.2) is 211 Å². The maximum Gasteiger partial charge on any atom is 0.471 e. The molecule has 8 aromatic carbocycles. The average molecular weight is 1910 g/mol. The zero-order valence-corrected chi connectivity index (χ0v) is 78.3. The van der Waals surface area contributed by atoms with Crippen molar-refractivity contribution in [3.05, 3.63) is 279 Å². The number of benzene rings is 8. The number of para-hydroxylation sites is 2. The number of fused-ring (bicyclic) bond motifs is 4. The lowest BCUT2D eigenvalue weighted by Gasteiger charge is -2.43. The summed E-state index contributed by atoms with van der Waals surface area (Å²) in [6, 6.07) is 55.4. The number of rotatable bonds is 17. The third kappa shape index (κ3) is 22.6. The van der Waals surface area contributed by atoms with Crippen molar-refractivity contribution in [2.45, 2.75) is 160 Å². The van der Waals surface area contributed by atoms with Gasteiger partial charge in [0, 0.05) is 198 Å². The Kier molecular flexibility index (Phi) is 30.8. The molecule has 8 heterocycles. The molecule has 8 aliphatic heterocycles. The molecule has 4 spiro atoms. The summed E-state index contributed by atoms with van der Waals surface area (Å²) < 4.78 is 166. The Morgan fingerprint density at radius 2 is 0.585 bits per heavy atom. The number of hydrogen-bond donors (Lipinski definition) is 1. The van der Waals surface area contributed by atoms with E-state index < -0.39 is 62.1 Å². The number of halogens is 10. The first-order chi connectivity index (χ1) is 64.2. The van der Waals surface area contributed by atoms with E-state index in [1.165, 1.54) is 23.8 Å². The van der Waals surface area contributed by atoms with Crippen molar-refractivity contribution in [2.24, 2.45) is 0 Å². The third-order valence-electron chi connectivity index (χ3n) is 26.0. The van der Waals surface area contributed by atoms with Crippen LogP contribution in [0, 0.1) is 6.92 Å². The first-order valence-electron chi connectivity index (χ1n) is 45.6. The number of aryl methyl sites for hydroxylation is 1. The van der Waals surface area contributed by atoms with Gasteiger partial charge in [-0.05, 0) is 235 Å². The molecule has 0 saturated carbocycles. The van der Waals surface area contributed by atoms with Crippen LogP contribution in [-0.4, -0.2) is 230 Å². The summed E-state index contributed by atoms with van der Waals surface area (Å²) in [6.07, 6.45) is -3.57. The van der Waals surface area contributed by atoms with E-state index in [0.29, 0.717) is 89.9 Å². The highest BCUT2D eigenvalue weighted by Gasteiger charge is 2.51. The van der Waals surface area contributed by atoms with E-state index in [-0.39, 0.29) is 112 Å². The predicted octanol–water partition coefficient (Wildman–Crippen LogP) is 19.1. The largest absolute Gasteiger partial charge is 0.482 e. The lowest BCUT2D eigenvalue weighted by atomic mass is 9.82. The average Bonchev–Trinajstić information content (AvgIpc) is 0.755. The highest BCUT2D eigenvalue weighted by Crippen LogP contribution is 2.50. The molecule has 8 aliphatic rings. The Bertz CT molecular complexity index is 5940. The SMILES string of the molecule is CCN(CC)C(=O)c1ccc(C2=CC3(CCN(C(=O)C(F)(F)F)CC3)Oc3ccc(C)cc32)cc1.CCN(CC)C(=O)c1ccc(C2=CC3(CCN(C(=O)C(F)(F)F)CC3)Oc3ccc(S(=O)(=O)Cl)cc32)cc1.CCN(CC)C(=O)c1ccc(C2=CC3(CCN(C(=O)C(F)(F)F)CC3)Oc3ccccc32)cc1.CCN(CC)C(=O)c1ccc(C2=CC3(CCNCC3)Oc3ccccc32)cc1. The van der Waals surface area contributed by atoms with Gasteiger partial charge in [0.2, 0.25) is 0 Å². The van der Waals surface area contributed by atoms with Crippen LogP contribution in [0.2, 0.25) is 0 Å². The van der Waals surface area contributed by atoms with Crippen LogP contribution in [0.3, 0.4) is 0 Å². The topological polar surface area (TPSA) is 225 Å². The molecule has 4 fully saturated rings. The second kappa shape index (κ2) is 41.5. The Morgan fingerprint density at radius 3 is 0.852 bits per heavy atom. The van der Waals surface area contributed by atoms with Gasteiger partial charge in [-0.15, -0.1) is 0 Å². The lowest BCUT2D eigenvalue weighted by Crippen LogP contribution is -2.52. The van der Waals surface area contributed by atoms with Gasteiger partial charge in [-0.1, -0.05) is 96.6 Å². The van der Waals surface area contributed by atoms with Gasteiger partial charge < -0.3 is 58.6 Å². The number of nitrogens with one attached hydrogen (secondary N) is 1. The number of ether oxygens (including phenoxy) is 4. The second-order valence-electron chi connectivity index (χ2n) is 34.3. The first-order valence-corrected chi connectivity index (χ1v) is 47.9. The zero-order chi connectivity index (χ0) is 97.3. The maximum atomic E-state index is 12.9. The minimum atomic E-state index is -4.96. The predicted molar refractivity (Wildman–Crippen MR) is 498 cm³/mol. The van der Waals surface area contributed by atoms with Crippen molar-refractivity contribution in [1.82, 2.24) is 39.6 Å². The van der Waals surface area contributed by atoms with Gasteiger partial charge in [-0.25, -0.2) is 8.42 Å². The molecule has 16 rings (SSSR count). The van der Waals surface area contributed by atoms with E-state index >= 15 is 0 Å². The van der Waals surface area contributed by atoms with Crippen LogP contribution in [-0.2, 0) is 23.4 Å². The molecule has 8 aromatic rings. The molecule has 4 saturated heterocycles. The van der Waals surface area contributed by atoms with Crippen LogP contribution in [0.1, 0.15) is 198 Å². The summed E-state index contributed by atoms with van der Waals surface area (Å²) in [6.45, 7) is 24.0. The highest BCUT2D eigenvalue weighted by atomic mass is 35.7. The molecule has 7 amide bonds. The quantitative estimate of drug-likeness (QED) is 0.0661. The van der Waals surface area contributed by atoms with E-state index in [0.717, 1.165) is 115 Å². The molecule has 0 unspecified atom stereocenters. The summed E-state index contributed by atoms with van der Waals surface area (Å²) in [5, 5.41) is 3.43. The minimum absolute atomic E-state index is 0.0306. The molecule has 135 heavy (non-hydrogen) atoms. The van der Waals surface area contributed by atoms with Crippen molar-refractivity contribution in [2.75, 3.05) is 105 Å². The third-order valence-corrected chi connectivity index (χ3v) is 27.4. The van der Waals surface area contributed by atoms with Gasteiger partial charge in [0.05, 0.1) is 4.90 Å². The Morgan fingerprint density at radius 1 is 0.341 bits per heavy atom. The minimum Gasteiger partial charge on any atom is -0.482 e. The van der Waals surface area contributed by atoms with E-state index in [1.54, 1.807) is 69.3 Å². The van der Waals surface area contributed by atoms with Gasteiger partial charge in [0.25, 0.3) is 32.7 Å². The molecule has 716 valence electrons. The molecule has 0 bridgehead atoms. The monoisotopic (exact) mass is 1900 g/mol. The fourth-order valence-corrected chi connectivity index (χ4v) is 19.1. The van der Waals surface area contributed by atoms with Crippen molar-refractivity contribution in [3.8, 4) is 23.0 Å². The summed E-state index contributed by atoms with van der Waals surface area (Å²) in [4.78, 5) is 95.2. The summed E-state index contributed by atoms with van der Waals surface area (Å²) in [7, 11) is 1.52. The Hall–Kier alpha value is -12.2. The molecule has 21 nitrogen and oxygen atoms in total. The van der Waals surface area contributed by atoms with Gasteiger partial charge in [-0.3, -0.25) is 33.6 Å². The fourth-order valence-electron chi connectivity index (χ4n) is 18.4. The van der Waals surface area contributed by atoms with Crippen molar-refractivity contribution >= 4 is 83.4 Å². The maximum absolute atomic E-state index is 12.9. The van der Waals surface area contributed by atoms with Gasteiger partial charge in [-0.2, -0.15) is 39.5 Å². The molecule has 1 N–H and O–H groups in total.